The van der Waals surface area contributed by atoms with Crippen LogP contribution in [-0.4, -0.2) is 0 Å². The lowest BCUT2D eigenvalue weighted by molar-refractivity contribution is 0.120. The van der Waals surface area contributed by atoms with E-state index in [0.717, 1.165) is 67.3 Å². The Morgan fingerprint density at radius 2 is 1.42 bits per heavy atom. The Morgan fingerprint density at radius 3 is 2.05 bits per heavy atom. The van der Waals surface area contributed by atoms with E-state index in [1.165, 1.54) is 89.9 Å². The SMILES string of the molecule is C=CCCCC1CCC(C2CCC(C3CC=C(c4ccc(CCCCCCC)c(F)c4F)CC3)CC2)CC1. The van der Waals surface area contributed by atoms with Gasteiger partial charge in [-0.15, -0.1) is 6.58 Å². The van der Waals surface area contributed by atoms with Crippen molar-refractivity contribution in [3.8, 4) is 0 Å². The van der Waals surface area contributed by atoms with Crippen molar-refractivity contribution in [2.24, 2.45) is 29.6 Å². The molecule has 38 heavy (non-hydrogen) atoms. The fourth-order valence-electron chi connectivity index (χ4n) is 8.06. The number of rotatable bonds is 13. The summed E-state index contributed by atoms with van der Waals surface area (Å²) in [7, 11) is 0. The van der Waals surface area contributed by atoms with Gasteiger partial charge in [-0.1, -0.05) is 76.2 Å². The van der Waals surface area contributed by atoms with Gasteiger partial charge in [0, 0.05) is 5.56 Å². The minimum atomic E-state index is -0.614. The minimum absolute atomic E-state index is 0.513. The predicted molar refractivity (Wildman–Crippen MR) is 159 cm³/mol. The lowest BCUT2D eigenvalue weighted by Gasteiger charge is -2.40. The molecule has 1 unspecified atom stereocenters. The minimum Gasteiger partial charge on any atom is -0.203 e. The molecule has 0 bridgehead atoms. The molecule has 0 radical (unpaired) electrons. The van der Waals surface area contributed by atoms with Crippen molar-refractivity contribution in [3.63, 3.8) is 0 Å². The standard InChI is InChI=1S/C36H54F2/c1-3-5-7-8-10-12-33-25-26-34(36(38)35(33)37)32-23-21-31(22-24-32)30-19-17-29(18-20-30)28-15-13-27(14-16-28)11-9-6-4-2/h4,23,25-31H,2-3,5-22,24H2,1H3. The van der Waals surface area contributed by atoms with Crippen LogP contribution in [0, 0.1) is 41.2 Å². The van der Waals surface area contributed by atoms with E-state index in [-0.39, 0.29) is 0 Å². The van der Waals surface area contributed by atoms with Crippen molar-refractivity contribution in [2.45, 2.75) is 135 Å². The third-order valence-electron chi connectivity index (χ3n) is 10.6. The predicted octanol–water partition coefficient (Wildman–Crippen LogP) is 11.6. The molecule has 0 heterocycles. The maximum atomic E-state index is 15.0. The lowest BCUT2D eigenvalue weighted by Crippen LogP contribution is -2.28. The first kappa shape index (κ1) is 29.5. The van der Waals surface area contributed by atoms with Crippen LogP contribution in [0.2, 0.25) is 0 Å². The first-order chi connectivity index (χ1) is 18.6. The van der Waals surface area contributed by atoms with E-state index in [2.05, 4.69) is 25.7 Å². The number of hydrogen-bond donors (Lipinski definition) is 0. The van der Waals surface area contributed by atoms with Crippen molar-refractivity contribution in [1.82, 2.24) is 0 Å². The Kier molecular flexibility index (Phi) is 12.0. The summed E-state index contributed by atoms with van der Waals surface area (Å²) in [5.41, 5.74) is 2.10. The second-order valence-electron chi connectivity index (χ2n) is 13.0. The Morgan fingerprint density at radius 1 is 0.763 bits per heavy atom. The normalized spacial score (nSPS) is 28.2. The number of benzene rings is 1. The highest BCUT2D eigenvalue weighted by atomic mass is 19.2. The second-order valence-corrected chi connectivity index (χ2v) is 13.0. The molecule has 0 spiro atoms. The van der Waals surface area contributed by atoms with Crippen LogP contribution in [0.3, 0.4) is 0 Å². The average molecular weight is 525 g/mol. The zero-order valence-electron chi connectivity index (χ0n) is 24.3. The van der Waals surface area contributed by atoms with E-state index in [9.17, 15) is 4.39 Å². The number of aryl methyl sites for hydroxylation is 1. The molecule has 0 N–H and O–H groups in total. The van der Waals surface area contributed by atoms with Crippen LogP contribution in [0.1, 0.15) is 140 Å². The Bertz CT molecular complexity index is 883. The van der Waals surface area contributed by atoms with Crippen LogP contribution in [-0.2, 0) is 6.42 Å². The lowest BCUT2D eigenvalue weighted by atomic mass is 9.65. The molecule has 0 aromatic heterocycles. The quantitative estimate of drug-likeness (QED) is 0.178. The highest BCUT2D eigenvalue weighted by Gasteiger charge is 2.34. The van der Waals surface area contributed by atoms with Gasteiger partial charge < -0.3 is 0 Å². The van der Waals surface area contributed by atoms with Crippen LogP contribution in [0.25, 0.3) is 5.57 Å². The van der Waals surface area contributed by atoms with Crippen LogP contribution in [0.4, 0.5) is 8.78 Å². The number of hydrogen-bond acceptors (Lipinski definition) is 0. The maximum Gasteiger partial charge on any atom is 0.166 e. The molecule has 2 saturated carbocycles. The number of halogens is 2. The fraction of sp³-hybridized carbons (Fsp3) is 0.722. The maximum absolute atomic E-state index is 15.0. The smallest absolute Gasteiger partial charge is 0.166 e. The van der Waals surface area contributed by atoms with E-state index < -0.39 is 11.6 Å². The van der Waals surface area contributed by atoms with Gasteiger partial charge in [-0.3, -0.25) is 0 Å². The van der Waals surface area contributed by atoms with E-state index >= 15 is 4.39 Å². The summed E-state index contributed by atoms with van der Waals surface area (Å²) in [5, 5.41) is 0. The van der Waals surface area contributed by atoms with Gasteiger partial charge in [0.15, 0.2) is 11.6 Å². The van der Waals surface area contributed by atoms with Crippen molar-refractivity contribution >= 4 is 5.57 Å². The van der Waals surface area contributed by atoms with Gasteiger partial charge in [0.2, 0.25) is 0 Å². The Hall–Kier alpha value is -1.44. The third kappa shape index (κ3) is 8.04. The Balaban J connectivity index is 1.21. The fourth-order valence-corrected chi connectivity index (χ4v) is 8.06. The monoisotopic (exact) mass is 524 g/mol. The highest BCUT2D eigenvalue weighted by molar-refractivity contribution is 5.67. The van der Waals surface area contributed by atoms with Crippen LogP contribution in [0.15, 0.2) is 30.9 Å². The third-order valence-corrected chi connectivity index (χ3v) is 10.6. The first-order valence-corrected chi connectivity index (χ1v) is 16.4. The first-order valence-electron chi connectivity index (χ1n) is 16.4. The Labute approximate surface area is 232 Å². The van der Waals surface area contributed by atoms with E-state index in [1.54, 1.807) is 0 Å². The molecule has 2 fully saturated rings. The average Bonchev–Trinajstić information content (AvgIpc) is 2.96. The van der Waals surface area contributed by atoms with Gasteiger partial charge in [0.1, 0.15) is 0 Å². The molecule has 0 amide bonds. The molecular formula is C36H54F2. The zero-order valence-corrected chi connectivity index (χ0v) is 24.3. The van der Waals surface area contributed by atoms with Crippen LogP contribution in [0.5, 0.6) is 0 Å². The van der Waals surface area contributed by atoms with Gasteiger partial charge in [0.25, 0.3) is 0 Å². The summed E-state index contributed by atoms with van der Waals surface area (Å²) >= 11 is 0. The van der Waals surface area contributed by atoms with Gasteiger partial charge in [-0.05, 0) is 124 Å². The van der Waals surface area contributed by atoms with Gasteiger partial charge >= 0.3 is 0 Å². The molecule has 0 aliphatic heterocycles. The molecule has 212 valence electrons. The highest BCUT2D eigenvalue weighted by Crippen LogP contribution is 2.46. The largest absolute Gasteiger partial charge is 0.203 e. The summed E-state index contributed by atoms with van der Waals surface area (Å²) in [5.74, 6) is 3.24. The van der Waals surface area contributed by atoms with Crippen molar-refractivity contribution < 1.29 is 8.78 Å². The van der Waals surface area contributed by atoms with Gasteiger partial charge in [0.05, 0.1) is 0 Å². The zero-order chi connectivity index (χ0) is 26.7. The summed E-state index contributed by atoms with van der Waals surface area (Å²) in [6, 6.07) is 3.70. The summed E-state index contributed by atoms with van der Waals surface area (Å²) in [6.07, 6.45) is 29.0. The van der Waals surface area contributed by atoms with Crippen molar-refractivity contribution in [1.29, 1.82) is 0 Å². The summed E-state index contributed by atoms with van der Waals surface area (Å²) in [6.45, 7) is 6.06. The molecule has 3 aliphatic rings. The van der Waals surface area contributed by atoms with Gasteiger partial charge in [-0.25, -0.2) is 8.78 Å². The second kappa shape index (κ2) is 15.4. The van der Waals surface area contributed by atoms with E-state index in [4.69, 9.17) is 0 Å². The molecule has 1 atom stereocenters. The van der Waals surface area contributed by atoms with E-state index in [0.29, 0.717) is 17.5 Å². The molecule has 1 aromatic carbocycles. The molecule has 4 rings (SSSR count). The van der Waals surface area contributed by atoms with Gasteiger partial charge in [-0.2, -0.15) is 0 Å². The van der Waals surface area contributed by atoms with E-state index in [1.807, 2.05) is 12.1 Å². The summed E-state index contributed by atoms with van der Waals surface area (Å²) in [4.78, 5) is 0. The van der Waals surface area contributed by atoms with Crippen LogP contribution >= 0.6 is 0 Å². The van der Waals surface area contributed by atoms with Crippen molar-refractivity contribution in [3.05, 3.63) is 53.6 Å². The topological polar surface area (TPSA) is 0 Å². The molecule has 0 nitrogen and oxygen atoms in total. The summed E-state index contributed by atoms with van der Waals surface area (Å²) < 4.78 is 29.9. The molecule has 0 saturated heterocycles. The molecule has 1 aromatic rings. The molecular weight excluding hydrogens is 470 g/mol. The van der Waals surface area contributed by atoms with Crippen LogP contribution < -0.4 is 0 Å². The molecule has 2 heteroatoms. The number of unbranched alkanes of at least 4 members (excludes halogenated alkanes) is 5. The van der Waals surface area contributed by atoms with Crippen molar-refractivity contribution in [2.75, 3.05) is 0 Å². The molecule has 3 aliphatic carbocycles. The number of allylic oxidation sites excluding steroid dienone is 3.